The van der Waals surface area contributed by atoms with Crippen LogP contribution in [-0.4, -0.2) is 32.3 Å². The predicted molar refractivity (Wildman–Crippen MR) is 119 cm³/mol. The maximum Gasteiger partial charge on any atom is 0.254 e. The lowest BCUT2D eigenvalue weighted by Gasteiger charge is -2.10. The molecule has 2 amide bonds. The average molecular weight is 462 g/mol. The van der Waals surface area contributed by atoms with Crippen LogP contribution in [-0.2, 0) is 17.9 Å². The number of anilines is 1. The summed E-state index contributed by atoms with van der Waals surface area (Å²) in [6.07, 6.45) is 0. The topological polar surface area (TPSA) is 88.9 Å². The number of carbonyl (C=O) groups excluding carboxylic acids is 2. The molecule has 0 unspecified atom stereocenters. The van der Waals surface area contributed by atoms with E-state index in [4.69, 9.17) is 11.6 Å². The van der Waals surface area contributed by atoms with E-state index in [0.717, 1.165) is 5.56 Å². The number of aryl methyl sites for hydroxylation is 1. The van der Waals surface area contributed by atoms with Crippen LogP contribution >= 0.6 is 23.4 Å². The zero-order chi connectivity index (χ0) is 22.4. The van der Waals surface area contributed by atoms with Gasteiger partial charge in [0.05, 0.1) is 17.9 Å². The fourth-order valence-corrected chi connectivity index (χ4v) is 3.91. The van der Waals surface area contributed by atoms with Gasteiger partial charge in [-0.1, -0.05) is 35.5 Å². The van der Waals surface area contributed by atoms with Crippen molar-refractivity contribution in [1.82, 2.24) is 20.1 Å². The highest BCUT2D eigenvalue weighted by Crippen LogP contribution is 2.21. The molecule has 7 nitrogen and oxygen atoms in total. The maximum atomic E-state index is 13.8. The third-order valence-corrected chi connectivity index (χ3v) is 5.63. The van der Waals surface area contributed by atoms with E-state index in [9.17, 15) is 14.0 Å². The highest BCUT2D eigenvalue weighted by Gasteiger charge is 2.16. The van der Waals surface area contributed by atoms with Gasteiger partial charge in [0.15, 0.2) is 11.0 Å². The van der Waals surface area contributed by atoms with Crippen molar-refractivity contribution in [3.63, 3.8) is 0 Å². The largest absolute Gasteiger partial charge is 0.345 e. The Morgan fingerprint density at radius 2 is 1.97 bits per heavy atom. The highest BCUT2D eigenvalue weighted by atomic mass is 35.5. The second-order valence-corrected chi connectivity index (χ2v) is 7.98. The molecule has 0 spiro atoms. The van der Waals surface area contributed by atoms with E-state index in [2.05, 4.69) is 20.8 Å². The van der Waals surface area contributed by atoms with Crippen LogP contribution in [0.5, 0.6) is 0 Å². The van der Waals surface area contributed by atoms with Crippen LogP contribution < -0.4 is 10.6 Å². The van der Waals surface area contributed by atoms with E-state index in [1.165, 1.54) is 30.0 Å². The summed E-state index contributed by atoms with van der Waals surface area (Å²) in [5.74, 6) is -0.646. The average Bonchev–Trinajstić information content (AvgIpc) is 3.14. The van der Waals surface area contributed by atoms with Crippen molar-refractivity contribution < 1.29 is 14.0 Å². The summed E-state index contributed by atoms with van der Waals surface area (Å²) in [5, 5.41) is 14.9. The van der Waals surface area contributed by atoms with Gasteiger partial charge in [-0.3, -0.25) is 9.59 Å². The van der Waals surface area contributed by atoms with Crippen LogP contribution in [0, 0.1) is 12.7 Å². The van der Waals surface area contributed by atoms with Crippen LogP contribution in [0.2, 0.25) is 5.02 Å². The number of aromatic nitrogens is 3. The van der Waals surface area contributed by atoms with Gasteiger partial charge in [0.25, 0.3) is 5.91 Å². The van der Waals surface area contributed by atoms with Crippen LogP contribution in [0.25, 0.3) is 0 Å². The molecule has 2 N–H and O–H groups in total. The van der Waals surface area contributed by atoms with Gasteiger partial charge in [0.2, 0.25) is 5.91 Å². The van der Waals surface area contributed by atoms with Crippen molar-refractivity contribution in [1.29, 1.82) is 0 Å². The third kappa shape index (κ3) is 5.83. The molecule has 0 bridgehead atoms. The highest BCUT2D eigenvalue weighted by molar-refractivity contribution is 7.99. The minimum absolute atomic E-state index is 0.0335. The first-order valence-corrected chi connectivity index (χ1v) is 10.9. The monoisotopic (exact) mass is 461 g/mol. The minimum Gasteiger partial charge on any atom is -0.345 e. The molecule has 0 saturated heterocycles. The lowest BCUT2D eigenvalue weighted by Crippen LogP contribution is -2.25. The lowest BCUT2D eigenvalue weighted by atomic mass is 10.2. The summed E-state index contributed by atoms with van der Waals surface area (Å²) in [6, 6.07) is 11.0. The van der Waals surface area contributed by atoms with Crippen molar-refractivity contribution in [3.8, 4) is 0 Å². The standard InChI is InChI=1S/C21H21ClFN5O2S/c1-3-28-18(11-24-20(30)15-6-4-5-7-16(15)23)26-27-21(28)31-12-19(29)25-17-9-8-14(22)10-13(17)2/h4-10H,3,11-12H2,1-2H3,(H,24,30)(H,25,29). The van der Waals surface area contributed by atoms with E-state index in [0.29, 0.717) is 28.2 Å². The molecule has 3 rings (SSSR count). The minimum atomic E-state index is -0.588. The molecule has 2 aromatic carbocycles. The molecule has 31 heavy (non-hydrogen) atoms. The third-order valence-electron chi connectivity index (χ3n) is 4.43. The number of rotatable bonds is 8. The molecule has 162 valence electrons. The Morgan fingerprint density at radius 1 is 1.19 bits per heavy atom. The first-order valence-electron chi connectivity index (χ1n) is 9.52. The number of halogens is 2. The van der Waals surface area contributed by atoms with Gasteiger partial charge in [0, 0.05) is 17.3 Å². The zero-order valence-electron chi connectivity index (χ0n) is 17.0. The molecule has 0 atom stereocenters. The lowest BCUT2D eigenvalue weighted by molar-refractivity contribution is -0.113. The molecule has 1 aromatic heterocycles. The van der Waals surface area contributed by atoms with Crippen molar-refractivity contribution in [3.05, 3.63) is 70.3 Å². The summed E-state index contributed by atoms with van der Waals surface area (Å²) in [4.78, 5) is 24.5. The van der Waals surface area contributed by atoms with E-state index in [1.54, 1.807) is 28.8 Å². The fourth-order valence-electron chi connectivity index (χ4n) is 2.86. The molecule has 0 fully saturated rings. The first kappa shape index (κ1) is 22.8. The normalized spacial score (nSPS) is 10.7. The Balaban J connectivity index is 1.58. The molecule has 0 aliphatic carbocycles. The van der Waals surface area contributed by atoms with Crippen molar-refractivity contribution in [2.24, 2.45) is 0 Å². The summed E-state index contributed by atoms with van der Waals surface area (Å²) in [6.45, 7) is 4.42. The molecule has 3 aromatic rings. The molecular formula is C21H21ClFN5O2S. The van der Waals surface area contributed by atoms with E-state index in [1.807, 2.05) is 13.8 Å². The zero-order valence-corrected chi connectivity index (χ0v) is 18.6. The first-order chi connectivity index (χ1) is 14.9. The maximum absolute atomic E-state index is 13.8. The van der Waals surface area contributed by atoms with Gasteiger partial charge in [-0.2, -0.15) is 0 Å². The number of amides is 2. The van der Waals surface area contributed by atoms with Gasteiger partial charge in [-0.15, -0.1) is 10.2 Å². The summed E-state index contributed by atoms with van der Waals surface area (Å²) < 4.78 is 15.5. The summed E-state index contributed by atoms with van der Waals surface area (Å²) in [5.41, 5.74) is 1.53. The molecule has 0 saturated carbocycles. The van der Waals surface area contributed by atoms with Crippen LogP contribution in [0.15, 0.2) is 47.6 Å². The van der Waals surface area contributed by atoms with Crippen molar-refractivity contribution in [2.75, 3.05) is 11.1 Å². The number of carbonyl (C=O) groups is 2. The van der Waals surface area contributed by atoms with Crippen LogP contribution in [0.4, 0.5) is 10.1 Å². The number of nitrogens with one attached hydrogen (secondary N) is 2. The molecule has 10 heteroatoms. The van der Waals surface area contributed by atoms with Crippen LogP contribution in [0.3, 0.4) is 0 Å². The Labute approximate surface area is 188 Å². The van der Waals surface area contributed by atoms with Crippen LogP contribution in [0.1, 0.15) is 28.7 Å². The molecule has 0 aliphatic heterocycles. The van der Waals surface area contributed by atoms with Gasteiger partial charge >= 0.3 is 0 Å². The predicted octanol–water partition coefficient (Wildman–Crippen LogP) is 4.06. The van der Waals surface area contributed by atoms with Gasteiger partial charge in [-0.05, 0) is 49.7 Å². The van der Waals surface area contributed by atoms with E-state index < -0.39 is 11.7 Å². The Hall–Kier alpha value is -2.91. The smallest absolute Gasteiger partial charge is 0.254 e. The number of benzene rings is 2. The summed E-state index contributed by atoms with van der Waals surface area (Å²) >= 11 is 7.18. The summed E-state index contributed by atoms with van der Waals surface area (Å²) in [7, 11) is 0. The molecule has 1 heterocycles. The fraction of sp³-hybridized carbons (Fsp3) is 0.238. The van der Waals surface area contributed by atoms with Crippen molar-refractivity contribution in [2.45, 2.75) is 32.1 Å². The number of hydrogen-bond donors (Lipinski definition) is 2. The number of nitrogens with zero attached hydrogens (tertiary/aromatic N) is 3. The van der Waals surface area contributed by atoms with Crippen molar-refractivity contribution >= 4 is 40.9 Å². The van der Waals surface area contributed by atoms with Gasteiger partial charge < -0.3 is 15.2 Å². The number of hydrogen-bond acceptors (Lipinski definition) is 5. The SMILES string of the molecule is CCn1c(CNC(=O)c2ccccc2F)nnc1SCC(=O)Nc1ccc(Cl)cc1C. The van der Waals surface area contributed by atoms with Gasteiger partial charge in [0.1, 0.15) is 5.82 Å². The number of thioether (sulfide) groups is 1. The van der Waals surface area contributed by atoms with E-state index in [-0.39, 0.29) is 23.8 Å². The Morgan fingerprint density at radius 3 is 2.68 bits per heavy atom. The quantitative estimate of drug-likeness (QED) is 0.494. The molecule has 0 radical (unpaired) electrons. The van der Waals surface area contributed by atoms with Gasteiger partial charge in [-0.25, -0.2) is 4.39 Å². The van der Waals surface area contributed by atoms with E-state index >= 15 is 0 Å². The Bertz CT molecular complexity index is 1110. The molecular weight excluding hydrogens is 441 g/mol. The second kappa shape index (κ2) is 10.4. The molecule has 0 aliphatic rings. The second-order valence-electron chi connectivity index (χ2n) is 6.60. The Kier molecular flexibility index (Phi) is 7.64.